The molecule has 3 heteroatoms. The predicted octanol–water partition coefficient (Wildman–Crippen LogP) is 4.66. The van der Waals surface area contributed by atoms with Crippen LogP contribution in [0.1, 0.15) is 25.0 Å². The molecule has 21 heavy (non-hydrogen) atoms. The molecular weight excluding hydrogens is 282 g/mol. The summed E-state index contributed by atoms with van der Waals surface area (Å²) in [5, 5.41) is 4.20. The second-order valence-corrected chi connectivity index (χ2v) is 5.97. The summed E-state index contributed by atoms with van der Waals surface area (Å²) in [4.78, 5) is 0. The van der Waals surface area contributed by atoms with Crippen molar-refractivity contribution in [1.82, 2.24) is 5.32 Å². The molecule has 2 aromatic carbocycles. The normalized spacial score (nSPS) is 10.9. The lowest BCUT2D eigenvalue weighted by Gasteiger charge is -2.13. The molecule has 2 aromatic rings. The quantitative estimate of drug-likeness (QED) is 0.803. The number of halogens is 1. The van der Waals surface area contributed by atoms with Gasteiger partial charge in [-0.3, -0.25) is 0 Å². The first-order valence-corrected chi connectivity index (χ1v) is 7.69. The molecule has 0 fully saturated rings. The fraction of sp³-hybridized carbons (Fsp3) is 0.333. The number of benzene rings is 2. The first-order chi connectivity index (χ1) is 10.1. The number of rotatable bonds is 7. The molecule has 0 atom stereocenters. The highest BCUT2D eigenvalue weighted by molar-refractivity contribution is 6.30. The monoisotopic (exact) mass is 303 g/mol. The van der Waals surface area contributed by atoms with Gasteiger partial charge < -0.3 is 10.1 Å². The third-order valence-electron chi connectivity index (χ3n) is 3.19. The Balaban J connectivity index is 1.94. The van der Waals surface area contributed by atoms with Crippen molar-refractivity contribution >= 4 is 11.6 Å². The van der Waals surface area contributed by atoms with E-state index < -0.39 is 0 Å². The van der Waals surface area contributed by atoms with Crippen molar-refractivity contribution in [2.75, 3.05) is 6.54 Å². The van der Waals surface area contributed by atoms with Crippen LogP contribution in [0.15, 0.2) is 48.5 Å². The van der Waals surface area contributed by atoms with Crippen molar-refractivity contribution in [2.24, 2.45) is 5.92 Å². The third kappa shape index (κ3) is 5.41. The van der Waals surface area contributed by atoms with Crippen LogP contribution in [0.4, 0.5) is 0 Å². The maximum absolute atomic E-state index is 5.87. The van der Waals surface area contributed by atoms with Crippen molar-refractivity contribution in [3.05, 3.63) is 64.7 Å². The van der Waals surface area contributed by atoms with E-state index in [0.29, 0.717) is 12.5 Å². The van der Waals surface area contributed by atoms with Crippen molar-refractivity contribution < 1.29 is 4.74 Å². The molecule has 0 heterocycles. The van der Waals surface area contributed by atoms with Gasteiger partial charge in [-0.1, -0.05) is 49.7 Å². The second-order valence-electron chi connectivity index (χ2n) is 5.54. The van der Waals surface area contributed by atoms with E-state index in [1.807, 2.05) is 30.3 Å². The van der Waals surface area contributed by atoms with Crippen molar-refractivity contribution in [3.8, 4) is 5.75 Å². The summed E-state index contributed by atoms with van der Waals surface area (Å²) in [6.45, 7) is 6.89. The van der Waals surface area contributed by atoms with Crippen LogP contribution in [0.25, 0.3) is 0 Å². The molecule has 112 valence electrons. The molecule has 0 amide bonds. The summed E-state index contributed by atoms with van der Waals surface area (Å²) in [6, 6.07) is 15.8. The highest BCUT2D eigenvalue weighted by Crippen LogP contribution is 2.18. The van der Waals surface area contributed by atoms with Gasteiger partial charge in [0.05, 0.1) is 0 Å². The van der Waals surface area contributed by atoms with Gasteiger partial charge in [0, 0.05) is 11.6 Å². The zero-order chi connectivity index (χ0) is 15.1. The molecular formula is C18H22ClNO. The molecule has 0 unspecified atom stereocenters. The Morgan fingerprint density at radius 3 is 2.33 bits per heavy atom. The van der Waals surface area contributed by atoms with Crippen LogP contribution in [0, 0.1) is 5.92 Å². The highest BCUT2D eigenvalue weighted by Gasteiger charge is 2.03. The van der Waals surface area contributed by atoms with Gasteiger partial charge >= 0.3 is 0 Å². The average molecular weight is 304 g/mol. The molecule has 0 bridgehead atoms. The molecule has 0 aliphatic rings. The summed E-state index contributed by atoms with van der Waals surface area (Å²) >= 11 is 5.87. The molecule has 0 aliphatic heterocycles. The smallest absolute Gasteiger partial charge is 0.119 e. The van der Waals surface area contributed by atoms with Crippen molar-refractivity contribution in [3.63, 3.8) is 0 Å². The zero-order valence-corrected chi connectivity index (χ0v) is 13.4. The summed E-state index contributed by atoms with van der Waals surface area (Å²) in [5.41, 5.74) is 2.50. The van der Waals surface area contributed by atoms with Crippen LogP contribution >= 0.6 is 11.6 Å². The van der Waals surface area contributed by atoms with Gasteiger partial charge in [0.25, 0.3) is 0 Å². The molecule has 1 N–H and O–H groups in total. The number of hydrogen-bond donors (Lipinski definition) is 1. The van der Waals surface area contributed by atoms with E-state index >= 15 is 0 Å². The molecule has 0 aliphatic carbocycles. The molecule has 2 rings (SSSR count). The zero-order valence-electron chi connectivity index (χ0n) is 12.6. The summed E-state index contributed by atoms with van der Waals surface area (Å²) in [6.07, 6.45) is 0. The van der Waals surface area contributed by atoms with E-state index in [4.69, 9.17) is 16.3 Å². The molecule has 2 nitrogen and oxygen atoms in total. The standard InChI is InChI=1S/C18H22ClNO/c1-14(2)11-20-12-15-5-3-4-6-16(15)13-21-18-9-7-17(19)8-10-18/h3-10,14,20H,11-13H2,1-2H3. The fourth-order valence-electron chi connectivity index (χ4n) is 2.06. The minimum Gasteiger partial charge on any atom is -0.489 e. The Bertz CT molecular complexity index is 551. The molecule has 0 radical (unpaired) electrons. The van der Waals surface area contributed by atoms with Crippen LogP contribution in [-0.2, 0) is 13.2 Å². The van der Waals surface area contributed by atoms with E-state index in [1.165, 1.54) is 11.1 Å². The number of ether oxygens (including phenoxy) is 1. The molecule has 0 aromatic heterocycles. The third-order valence-corrected chi connectivity index (χ3v) is 3.45. The number of nitrogens with one attached hydrogen (secondary N) is 1. The van der Waals surface area contributed by atoms with Crippen LogP contribution in [-0.4, -0.2) is 6.54 Å². The van der Waals surface area contributed by atoms with E-state index in [2.05, 4.69) is 37.4 Å². The van der Waals surface area contributed by atoms with Crippen LogP contribution in [0.5, 0.6) is 5.75 Å². The van der Waals surface area contributed by atoms with E-state index in [-0.39, 0.29) is 0 Å². The van der Waals surface area contributed by atoms with Crippen LogP contribution < -0.4 is 10.1 Å². The molecule has 0 saturated heterocycles. The first-order valence-electron chi connectivity index (χ1n) is 7.31. The minimum atomic E-state index is 0.571. The van der Waals surface area contributed by atoms with Gasteiger partial charge in [-0.2, -0.15) is 0 Å². The summed E-state index contributed by atoms with van der Waals surface area (Å²) < 4.78 is 5.83. The van der Waals surface area contributed by atoms with Crippen molar-refractivity contribution in [2.45, 2.75) is 27.0 Å². The lowest BCUT2D eigenvalue weighted by Crippen LogP contribution is -2.20. The van der Waals surface area contributed by atoms with Gasteiger partial charge in [-0.15, -0.1) is 0 Å². The Hall–Kier alpha value is -1.51. The minimum absolute atomic E-state index is 0.571. The number of hydrogen-bond acceptors (Lipinski definition) is 2. The second kappa shape index (κ2) is 8.06. The van der Waals surface area contributed by atoms with E-state index in [9.17, 15) is 0 Å². The van der Waals surface area contributed by atoms with E-state index in [0.717, 1.165) is 23.9 Å². The van der Waals surface area contributed by atoms with Gasteiger partial charge in [-0.05, 0) is 47.9 Å². The molecule has 0 spiro atoms. The SMILES string of the molecule is CC(C)CNCc1ccccc1COc1ccc(Cl)cc1. The van der Waals surface area contributed by atoms with E-state index in [1.54, 1.807) is 0 Å². The average Bonchev–Trinajstić information content (AvgIpc) is 2.47. The maximum Gasteiger partial charge on any atom is 0.119 e. The Labute approximate surface area is 132 Å². The van der Waals surface area contributed by atoms with Gasteiger partial charge in [0.15, 0.2) is 0 Å². The largest absolute Gasteiger partial charge is 0.489 e. The van der Waals surface area contributed by atoms with Gasteiger partial charge in [0.2, 0.25) is 0 Å². The van der Waals surface area contributed by atoms with Crippen molar-refractivity contribution in [1.29, 1.82) is 0 Å². The highest BCUT2D eigenvalue weighted by atomic mass is 35.5. The van der Waals surface area contributed by atoms with Crippen LogP contribution in [0.3, 0.4) is 0 Å². The molecule has 0 saturated carbocycles. The lowest BCUT2D eigenvalue weighted by atomic mass is 10.1. The topological polar surface area (TPSA) is 21.3 Å². The fourth-order valence-corrected chi connectivity index (χ4v) is 2.18. The maximum atomic E-state index is 5.87. The van der Waals surface area contributed by atoms with Gasteiger partial charge in [0.1, 0.15) is 12.4 Å². The lowest BCUT2D eigenvalue weighted by molar-refractivity contribution is 0.304. The Morgan fingerprint density at radius 1 is 1.00 bits per heavy atom. The Morgan fingerprint density at radius 2 is 1.67 bits per heavy atom. The summed E-state index contributed by atoms with van der Waals surface area (Å²) in [5.74, 6) is 1.49. The Kier molecular flexibility index (Phi) is 6.09. The van der Waals surface area contributed by atoms with Crippen LogP contribution in [0.2, 0.25) is 5.02 Å². The summed E-state index contributed by atoms with van der Waals surface area (Å²) in [7, 11) is 0. The predicted molar refractivity (Wildman–Crippen MR) is 88.8 cm³/mol. The van der Waals surface area contributed by atoms with Gasteiger partial charge in [-0.25, -0.2) is 0 Å². The first kappa shape index (κ1) is 15.9.